The summed E-state index contributed by atoms with van der Waals surface area (Å²) in [7, 11) is -1.55. The highest BCUT2D eigenvalue weighted by molar-refractivity contribution is 8.15. The Morgan fingerprint density at radius 2 is 2.37 bits per heavy atom. The van der Waals surface area contributed by atoms with Crippen molar-refractivity contribution >= 4 is 32.7 Å². The molecule has 2 aliphatic heterocycles. The third-order valence-corrected chi connectivity index (χ3v) is 6.24. The molecule has 2 unspecified atom stereocenters. The number of aliphatic imine (C=N–C) groups is 1. The molecule has 6 nitrogen and oxygen atoms in total. The predicted molar refractivity (Wildman–Crippen MR) is 75.0 cm³/mol. The first-order valence-corrected chi connectivity index (χ1v) is 8.52. The van der Waals surface area contributed by atoms with Crippen molar-refractivity contribution in [1.29, 1.82) is 0 Å². The van der Waals surface area contributed by atoms with E-state index in [0.717, 1.165) is 0 Å². The Morgan fingerprint density at radius 3 is 3.00 bits per heavy atom. The van der Waals surface area contributed by atoms with Crippen LogP contribution >= 0.6 is 11.8 Å². The van der Waals surface area contributed by atoms with Crippen LogP contribution in [0.1, 0.15) is 0 Å². The zero-order valence-corrected chi connectivity index (χ0v) is 12.2. The number of carbonyl (C=O) groups excluding carboxylic acids is 1. The van der Waals surface area contributed by atoms with Crippen molar-refractivity contribution in [2.45, 2.75) is 11.3 Å². The maximum Gasteiger partial charge on any atom is 0.274 e. The summed E-state index contributed by atoms with van der Waals surface area (Å²) in [5, 5.41) is 0.533. The maximum atomic E-state index is 11.6. The number of amides is 1. The van der Waals surface area contributed by atoms with Crippen molar-refractivity contribution in [2.75, 3.05) is 31.8 Å². The molecule has 2 heterocycles. The first kappa shape index (κ1) is 14.5. The molecule has 0 aromatic heterocycles. The SMILES string of the molecule is C=CCN1C(=NC(=O)COC)SC2CS(=O)(=O)CC21. The van der Waals surface area contributed by atoms with Gasteiger partial charge in [-0.05, 0) is 0 Å². The number of carbonyl (C=O) groups is 1. The molecular weight excluding hydrogens is 288 g/mol. The molecule has 2 aliphatic rings. The number of fused-ring (bicyclic) bond motifs is 1. The summed E-state index contributed by atoms with van der Waals surface area (Å²) in [6.45, 7) is 4.08. The van der Waals surface area contributed by atoms with E-state index < -0.39 is 9.84 Å². The summed E-state index contributed by atoms with van der Waals surface area (Å²) in [6, 6.07) is -0.109. The monoisotopic (exact) mass is 304 g/mol. The van der Waals surface area contributed by atoms with Gasteiger partial charge in [-0.15, -0.1) is 6.58 Å². The Morgan fingerprint density at radius 1 is 1.63 bits per heavy atom. The average molecular weight is 304 g/mol. The molecule has 19 heavy (non-hydrogen) atoms. The van der Waals surface area contributed by atoms with E-state index in [1.807, 2.05) is 4.90 Å². The summed E-state index contributed by atoms with van der Waals surface area (Å²) in [4.78, 5) is 17.3. The highest BCUT2D eigenvalue weighted by Gasteiger charge is 2.48. The molecule has 0 aliphatic carbocycles. The van der Waals surface area contributed by atoms with Crippen molar-refractivity contribution in [3.8, 4) is 0 Å². The Bertz CT molecular complexity index is 515. The van der Waals surface area contributed by atoms with Gasteiger partial charge in [-0.25, -0.2) is 8.42 Å². The fourth-order valence-corrected chi connectivity index (χ4v) is 6.23. The van der Waals surface area contributed by atoms with Gasteiger partial charge in [-0.1, -0.05) is 17.8 Å². The molecule has 0 aromatic carbocycles. The third kappa shape index (κ3) is 3.18. The zero-order chi connectivity index (χ0) is 14.0. The zero-order valence-electron chi connectivity index (χ0n) is 10.6. The highest BCUT2D eigenvalue weighted by atomic mass is 32.2. The van der Waals surface area contributed by atoms with Crippen LogP contribution in [-0.4, -0.2) is 67.5 Å². The van der Waals surface area contributed by atoms with Crippen LogP contribution in [0.4, 0.5) is 0 Å². The van der Waals surface area contributed by atoms with Gasteiger partial charge in [-0.3, -0.25) is 4.79 Å². The number of nitrogens with zero attached hydrogens (tertiary/aromatic N) is 2. The van der Waals surface area contributed by atoms with E-state index in [-0.39, 0.29) is 35.3 Å². The minimum Gasteiger partial charge on any atom is -0.375 e. The minimum atomic E-state index is -2.98. The van der Waals surface area contributed by atoms with E-state index in [9.17, 15) is 13.2 Å². The second-order valence-corrected chi connectivity index (χ2v) is 7.82. The van der Waals surface area contributed by atoms with Gasteiger partial charge in [-0.2, -0.15) is 4.99 Å². The lowest BCUT2D eigenvalue weighted by Crippen LogP contribution is -2.37. The van der Waals surface area contributed by atoms with Crippen LogP contribution in [0.3, 0.4) is 0 Å². The normalized spacial score (nSPS) is 30.6. The molecule has 106 valence electrons. The molecule has 8 heteroatoms. The van der Waals surface area contributed by atoms with Gasteiger partial charge in [0.1, 0.15) is 6.61 Å². The van der Waals surface area contributed by atoms with Gasteiger partial charge >= 0.3 is 0 Å². The van der Waals surface area contributed by atoms with Crippen LogP contribution in [0.15, 0.2) is 17.6 Å². The molecule has 1 amide bonds. The van der Waals surface area contributed by atoms with Crippen molar-refractivity contribution in [3.05, 3.63) is 12.7 Å². The van der Waals surface area contributed by atoms with Crippen molar-refractivity contribution < 1.29 is 17.9 Å². The Kier molecular flexibility index (Phi) is 4.32. The standard InChI is InChI=1S/C11H16N2O4S2/c1-3-4-13-8-6-19(15,16)7-9(8)18-11(13)12-10(14)5-17-2/h3,8-9H,1,4-7H2,2H3. The molecular formula is C11H16N2O4S2. The second-order valence-electron chi connectivity index (χ2n) is 4.46. The maximum absolute atomic E-state index is 11.6. The summed E-state index contributed by atoms with van der Waals surface area (Å²) in [5.41, 5.74) is 0. The molecule has 2 fully saturated rings. The summed E-state index contributed by atoms with van der Waals surface area (Å²) in [5.74, 6) is -0.0920. The molecule has 0 saturated carbocycles. The topological polar surface area (TPSA) is 76.0 Å². The van der Waals surface area contributed by atoms with E-state index in [0.29, 0.717) is 11.7 Å². The van der Waals surface area contributed by atoms with Crippen LogP contribution in [0.25, 0.3) is 0 Å². The molecule has 0 bridgehead atoms. The Labute approximate surface area is 116 Å². The van der Waals surface area contributed by atoms with Crippen LogP contribution in [0, 0.1) is 0 Å². The quantitative estimate of drug-likeness (QED) is 0.676. The number of ether oxygens (including phenoxy) is 1. The molecule has 0 spiro atoms. The second kappa shape index (κ2) is 5.64. The molecule has 0 radical (unpaired) electrons. The highest BCUT2D eigenvalue weighted by Crippen LogP contribution is 2.37. The van der Waals surface area contributed by atoms with E-state index in [1.54, 1.807) is 6.08 Å². The number of thioether (sulfide) groups is 1. The minimum absolute atomic E-state index is 0.0426. The van der Waals surface area contributed by atoms with E-state index in [1.165, 1.54) is 18.9 Å². The van der Waals surface area contributed by atoms with Gasteiger partial charge in [0.25, 0.3) is 5.91 Å². The van der Waals surface area contributed by atoms with Crippen LogP contribution in [0.5, 0.6) is 0 Å². The molecule has 0 N–H and O–H groups in total. The lowest BCUT2D eigenvalue weighted by atomic mass is 10.2. The number of methoxy groups -OCH3 is 1. The van der Waals surface area contributed by atoms with Crippen molar-refractivity contribution in [1.82, 2.24) is 4.90 Å². The summed E-state index contributed by atoms with van der Waals surface area (Å²) < 4.78 is 28.0. The lowest BCUT2D eigenvalue weighted by molar-refractivity contribution is -0.121. The van der Waals surface area contributed by atoms with Crippen LogP contribution in [-0.2, 0) is 19.4 Å². The lowest BCUT2D eigenvalue weighted by Gasteiger charge is -2.22. The van der Waals surface area contributed by atoms with Gasteiger partial charge < -0.3 is 9.64 Å². The van der Waals surface area contributed by atoms with Crippen molar-refractivity contribution in [2.24, 2.45) is 4.99 Å². The van der Waals surface area contributed by atoms with Gasteiger partial charge in [0, 0.05) is 18.9 Å². The third-order valence-electron chi connectivity index (χ3n) is 2.99. The molecule has 2 saturated heterocycles. The molecule has 2 atom stereocenters. The largest absolute Gasteiger partial charge is 0.375 e. The van der Waals surface area contributed by atoms with Gasteiger partial charge in [0.15, 0.2) is 15.0 Å². The average Bonchev–Trinajstić information content (AvgIpc) is 2.74. The fraction of sp³-hybridized carbons (Fsp3) is 0.636. The first-order valence-electron chi connectivity index (χ1n) is 5.82. The smallest absolute Gasteiger partial charge is 0.274 e. The fourth-order valence-electron chi connectivity index (χ4n) is 2.25. The van der Waals surface area contributed by atoms with Crippen molar-refractivity contribution in [3.63, 3.8) is 0 Å². The summed E-state index contributed by atoms with van der Waals surface area (Å²) >= 11 is 1.36. The van der Waals surface area contributed by atoms with Gasteiger partial charge in [0.05, 0.1) is 17.5 Å². The number of sulfone groups is 1. The molecule has 0 aromatic rings. The first-order chi connectivity index (χ1) is 8.96. The van der Waals surface area contributed by atoms with E-state index >= 15 is 0 Å². The molecule has 2 rings (SSSR count). The predicted octanol–water partition coefficient (Wildman–Crippen LogP) is -0.0842. The summed E-state index contributed by atoms with van der Waals surface area (Å²) in [6.07, 6.45) is 1.68. The van der Waals surface area contributed by atoms with Gasteiger partial charge in [0.2, 0.25) is 0 Å². The Hall–Kier alpha value is -0.860. The van der Waals surface area contributed by atoms with Crippen LogP contribution in [0.2, 0.25) is 0 Å². The van der Waals surface area contributed by atoms with E-state index in [4.69, 9.17) is 4.74 Å². The number of hydrogen-bond acceptors (Lipinski definition) is 5. The number of hydrogen-bond donors (Lipinski definition) is 0. The number of amidine groups is 1. The Balaban J connectivity index is 2.19. The van der Waals surface area contributed by atoms with Crippen LogP contribution < -0.4 is 0 Å². The number of rotatable bonds is 4. The van der Waals surface area contributed by atoms with E-state index in [2.05, 4.69) is 11.6 Å².